The lowest BCUT2D eigenvalue weighted by Crippen LogP contribution is -2.74. The monoisotopic (exact) mass is 690 g/mol. The molecule has 5 bridgehead atoms. The zero-order valence-electron chi connectivity index (χ0n) is 30.7. The summed E-state index contributed by atoms with van der Waals surface area (Å²) in [5.41, 5.74) is 7.72. The molecular formula is C42H50N4O5. The van der Waals surface area contributed by atoms with Crippen molar-refractivity contribution in [1.82, 2.24) is 9.80 Å². The van der Waals surface area contributed by atoms with Crippen LogP contribution in [0.2, 0.25) is 0 Å². The van der Waals surface area contributed by atoms with E-state index in [1.54, 1.807) is 14.2 Å². The largest absolute Gasteiger partial charge is 0.496 e. The standard InChI is InChI=1S/C42H50N4O5/c1-7-23-21-44-16-14-41-29-19-30(34(49-4)20-32(29)43(3)38(41)33(44)17-26(23)36(41)39(47)50-5)42-28-13-15-45-22-24(8-2)27(18-35(42)45)37(40(48)51-6)46(42)31-12-10-9-11-25(28)31/h7-12,19-20,26-28,33,35-38H,13-18,21-22H2,1-6H3/b23-7-,24-8-/t26-,27+,28-,33+,35+,36?,37?,38+,41+,42-/m1/s1. The van der Waals surface area contributed by atoms with E-state index in [-0.39, 0.29) is 47.7 Å². The SMILES string of the molecule is C/C=C1/CN2CC[C@@]34c5cc([C@]67[C@@H]8CCN9C/C(=C/C)[C@H](C[C@H]96)C(C(=O)OC)N7c6ccccc68)c(OC)cc5N(C)[C@H]3[C@@H]2C[C@H]1C4C(=O)OC. The molecule has 1 saturated carbocycles. The molecule has 1 aliphatic carbocycles. The number of ether oxygens (including phenoxy) is 3. The van der Waals surface area contributed by atoms with Crippen molar-refractivity contribution in [3.05, 3.63) is 76.4 Å². The number of anilines is 2. The molecule has 0 spiro atoms. The van der Waals surface area contributed by atoms with Gasteiger partial charge in [-0.3, -0.25) is 14.6 Å². The van der Waals surface area contributed by atoms with Crippen molar-refractivity contribution in [3.63, 3.8) is 0 Å². The van der Waals surface area contributed by atoms with Gasteiger partial charge in [-0.2, -0.15) is 0 Å². The Hall–Kier alpha value is -3.82. The summed E-state index contributed by atoms with van der Waals surface area (Å²) in [5, 5.41) is 0. The molecule has 6 fully saturated rings. The molecule has 0 amide bonds. The normalized spacial score (nSPS) is 39.9. The van der Waals surface area contributed by atoms with E-state index in [9.17, 15) is 9.59 Å². The molecule has 0 N–H and O–H groups in total. The molecule has 9 nitrogen and oxygen atoms in total. The molecule has 51 heavy (non-hydrogen) atoms. The number of nitrogens with zero attached hydrogens (tertiary/aromatic N) is 4. The van der Waals surface area contributed by atoms with Gasteiger partial charge in [0, 0.05) is 72.5 Å². The Balaban J connectivity index is 1.27. The molecule has 5 saturated heterocycles. The molecule has 2 aromatic rings. The molecule has 10 rings (SSSR count). The number of piperidine rings is 5. The number of likely N-dealkylation sites (N-methyl/N-ethyl adjacent to an activating group) is 1. The lowest BCUT2D eigenvalue weighted by Gasteiger charge is -2.65. The summed E-state index contributed by atoms with van der Waals surface area (Å²) in [4.78, 5) is 38.9. The second-order valence-corrected chi connectivity index (χ2v) is 16.4. The number of esters is 2. The Kier molecular flexibility index (Phi) is 6.79. The van der Waals surface area contributed by atoms with E-state index >= 15 is 0 Å². The van der Waals surface area contributed by atoms with E-state index in [0.717, 1.165) is 74.6 Å². The number of benzene rings is 2. The van der Waals surface area contributed by atoms with Crippen molar-refractivity contribution < 1.29 is 23.8 Å². The highest BCUT2D eigenvalue weighted by Gasteiger charge is 2.72. The quantitative estimate of drug-likeness (QED) is 0.326. The first-order chi connectivity index (χ1) is 24.8. The average molecular weight is 691 g/mol. The smallest absolute Gasteiger partial charge is 0.329 e. The zero-order chi connectivity index (χ0) is 35.1. The van der Waals surface area contributed by atoms with Gasteiger partial charge in [-0.15, -0.1) is 0 Å². The molecule has 2 aromatic carbocycles. The molecule has 0 radical (unpaired) electrons. The summed E-state index contributed by atoms with van der Waals surface area (Å²) in [6, 6.07) is 13.7. The van der Waals surface area contributed by atoms with Crippen LogP contribution in [0.5, 0.6) is 5.75 Å². The number of methoxy groups -OCH3 is 3. The lowest BCUT2D eigenvalue weighted by molar-refractivity contribution is -0.158. The predicted octanol–water partition coefficient (Wildman–Crippen LogP) is 4.99. The fraction of sp³-hybridized carbons (Fsp3) is 0.571. The van der Waals surface area contributed by atoms with E-state index in [0.29, 0.717) is 6.04 Å². The van der Waals surface area contributed by atoms with Crippen molar-refractivity contribution in [2.24, 2.45) is 17.8 Å². The van der Waals surface area contributed by atoms with Crippen LogP contribution in [-0.2, 0) is 30.0 Å². The second-order valence-electron chi connectivity index (χ2n) is 16.4. The van der Waals surface area contributed by atoms with Crippen molar-refractivity contribution in [2.75, 3.05) is 64.4 Å². The average Bonchev–Trinajstić information content (AvgIpc) is 3.60. The van der Waals surface area contributed by atoms with Crippen LogP contribution in [0.4, 0.5) is 11.4 Å². The Morgan fingerprint density at radius 2 is 1.61 bits per heavy atom. The Bertz CT molecular complexity index is 1920. The van der Waals surface area contributed by atoms with E-state index in [1.165, 1.54) is 29.4 Å². The minimum absolute atomic E-state index is 0.0567. The predicted molar refractivity (Wildman–Crippen MR) is 195 cm³/mol. The van der Waals surface area contributed by atoms with Gasteiger partial charge >= 0.3 is 11.9 Å². The summed E-state index contributed by atoms with van der Waals surface area (Å²) in [6.07, 6.45) is 8.22. The van der Waals surface area contributed by atoms with Gasteiger partial charge in [0.1, 0.15) is 11.8 Å². The fourth-order valence-electron chi connectivity index (χ4n) is 13.7. The van der Waals surface area contributed by atoms with Crippen molar-refractivity contribution in [2.45, 2.75) is 80.6 Å². The Morgan fingerprint density at radius 1 is 0.863 bits per heavy atom. The number of hydrogen-bond acceptors (Lipinski definition) is 9. The highest BCUT2D eigenvalue weighted by Crippen LogP contribution is 2.69. The van der Waals surface area contributed by atoms with Crippen molar-refractivity contribution in [1.29, 1.82) is 0 Å². The maximum atomic E-state index is 14.3. The molecule has 8 aliphatic rings. The maximum Gasteiger partial charge on any atom is 0.329 e. The van der Waals surface area contributed by atoms with Crippen LogP contribution < -0.4 is 14.5 Å². The van der Waals surface area contributed by atoms with Gasteiger partial charge in [0.2, 0.25) is 0 Å². The topological polar surface area (TPSA) is 74.8 Å². The third-order valence-corrected chi connectivity index (χ3v) is 15.3. The highest BCUT2D eigenvalue weighted by molar-refractivity contribution is 5.87. The minimum Gasteiger partial charge on any atom is -0.496 e. The van der Waals surface area contributed by atoms with Gasteiger partial charge in [-0.05, 0) is 81.8 Å². The number of hydrogen-bond donors (Lipinski definition) is 0. The van der Waals surface area contributed by atoms with Crippen LogP contribution in [0, 0.1) is 17.8 Å². The van der Waals surface area contributed by atoms with Crippen molar-refractivity contribution >= 4 is 23.3 Å². The van der Waals surface area contributed by atoms with E-state index in [1.807, 2.05) is 0 Å². The summed E-state index contributed by atoms with van der Waals surface area (Å²) in [5.74, 6) is 0.682. The van der Waals surface area contributed by atoms with Crippen LogP contribution in [0.25, 0.3) is 0 Å². The number of rotatable bonds is 4. The molecule has 2 unspecified atom stereocenters. The molecule has 10 atom stereocenters. The van der Waals surface area contributed by atoms with E-state index < -0.39 is 17.0 Å². The summed E-state index contributed by atoms with van der Waals surface area (Å²) in [7, 11) is 7.14. The molecule has 268 valence electrons. The van der Waals surface area contributed by atoms with Crippen LogP contribution in [0.3, 0.4) is 0 Å². The maximum absolute atomic E-state index is 14.3. The van der Waals surface area contributed by atoms with Gasteiger partial charge in [0.25, 0.3) is 0 Å². The van der Waals surface area contributed by atoms with Gasteiger partial charge in [-0.25, -0.2) is 4.79 Å². The van der Waals surface area contributed by atoms with Crippen LogP contribution >= 0.6 is 0 Å². The molecule has 7 aliphatic heterocycles. The number of carbonyl (C=O) groups is 2. The van der Waals surface area contributed by atoms with Gasteiger partial charge in [0.05, 0.1) is 38.8 Å². The van der Waals surface area contributed by atoms with Crippen LogP contribution in [-0.4, -0.2) is 100 Å². The summed E-state index contributed by atoms with van der Waals surface area (Å²) < 4.78 is 18.0. The first-order valence-electron chi connectivity index (χ1n) is 19.1. The lowest BCUT2D eigenvalue weighted by atomic mass is 9.49. The summed E-state index contributed by atoms with van der Waals surface area (Å²) >= 11 is 0. The second kappa shape index (κ2) is 10.9. The minimum atomic E-state index is -0.565. The molecule has 7 heterocycles. The summed E-state index contributed by atoms with van der Waals surface area (Å²) in [6.45, 7) is 7.99. The van der Waals surface area contributed by atoms with Gasteiger partial charge in [-0.1, -0.05) is 41.5 Å². The Morgan fingerprint density at radius 3 is 2.35 bits per heavy atom. The van der Waals surface area contributed by atoms with E-state index in [2.05, 4.69) is 89.0 Å². The number of allylic oxidation sites excluding steroid dienone is 2. The number of fused-ring (bicyclic) bond motifs is 6. The first kappa shape index (κ1) is 31.9. The number of carbonyl (C=O) groups excluding carboxylic acids is 2. The first-order valence-corrected chi connectivity index (χ1v) is 19.1. The zero-order valence-corrected chi connectivity index (χ0v) is 30.7. The van der Waals surface area contributed by atoms with Gasteiger partial charge in [0.15, 0.2) is 0 Å². The third kappa shape index (κ3) is 3.60. The fourth-order valence-corrected chi connectivity index (χ4v) is 13.7. The van der Waals surface area contributed by atoms with Gasteiger partial charge < -0.3 is 24.0 Å². The van der Waals surface area contributed by atoms with E-state index in [4.69, 9.17) is 14.2 Å². The van der Waals surface area contributed by atoms with Crippen LogP contribution in [0.1, 0.15) is 62.1 Å². The number of para-hydroxylation sites is 1. The Labute approximate surface area is 301 Å². The third-order valence-electron chi connectivity index (χ3n) is 15.3. The van der Waals surface area contributed by atoms with Crippen LogP contribution in [0.15, 0.2) is 59.7 Å². The molecule has 9 heteroatoms. The van der Waals surface area contributed by atoms with Crippen molar-refractivity contribution in [3.8, 4) is 5.75 Å². The molecular weight excluding hydrogens is 640 g/mol. The molecule has 0 aromatic heterocycles. The highest BCUT2D eigenvalue weighted by atomic mass is 16.5.